The Kier molecular flexibility index (Phi) is 9.99. The molecular formula is C46H70O8Si. The Labute approximate surface area is 331 Å². The van der Waals surface area contributed by atoms with Crippen LogP contribution in [0, 0.1) is 46.3 Å². The van der Waals surface area contributed by atoms with Crippen molar-refractivity contribution in [2.45, 2.75) is 179 Å². The fourth-order valence-electron chi connectivity index (χ4n) is 13.0. The molecule has 4 aliphatic carbocycles. The van der Waals surface area contributed by atoms with Crippen molar-refractivity contribution in [1.82, 2.24) is 0 Å². The highest BCUT2D eigenvalue weighted by molar-refractivity contribution is 6.74. The zero-order valence-electron chi connectivity index (χ0n) is 35.1. The highest BCUT2D eigenvalue weighted by Gasteiger charge is 2.69. The van der Waals surface area contributed by atoms with E-state index in [2.05, 4.69) is 67.6 Å². The Morgan fingerprint density at radius 1 is 0.909 bits per heavy atom. The summed E-state index contributed by atoms with van der Waals surface area (Å²) < 4.78 is 47.0. The molecule has 3 saturated carbocycles. The molecule has 8 aliphatic rings. The Bertz CT molecular complexity index is 1590. The van der Waals surface area contributed by atoms with Crippen LogP contribution in [0.15, 0.2) is 42.0 Å². The van der Waals surface area contributed by atoms with Gasteiger partial charge >= 0.3 is 0 Å². The van der Waals surface area contributed by atoms with Gasteiger partial charge in [0.1, 0.15) is 24.4 Å². The second-order valence-corrected chi connectivity index (χ2v) is 26.1. The maximum atomic E-state index is 12.1. The van der Waals surface area contributed by atoms with Crippen LogP contribution in [0.3, 0.4) is 0 Å². The standard InChI is InChI=1S/C46H70O8Si/c1-27-17-22-46(49-25-27)28(2)37-35(53-46)24-34-32-16-15-30-23-31(18-20-44(30,6)33(32)19-21-45(34,37)7)50-42-40(54-55(8,9)43(3,4)5)38(47)39-36(51-42)26-48-41(52-39)29-13-11-10-12-14-29/h10-15,27-28,31-42,47H,16-26H2,1-9H3/t27-,28+,31+,32-,33+,34+,35+,36-,37+,38+,39-,40-,41-,42-,44+,45+,46-/m1/s1. The highest BCUT2D eigenvalue weighted by atomic mass is 28.4. The number of hydrogen-bond acceptors (Lipinski definition) is 8. The predicted octanol–water partition coefficient (Wildman–Crippen LogP) is 9.33. The summed E-state index contributed by atoms with van der Waals surface area (Å²) in [5.74, 6) is 3.41. The van der Waals surface area contributed by atoms with Crippen molar-refractivity contribution < 1.29 is 38.0 Å². The summed E-state index contributed by atoms with van der Waals surface area (Å²) in [7, 11) is -2.32. The lowest BCUT2D eigenvalue weighted by molar-refractivity contribution is -0.364. The van der Waals surface area contributed by atoms with Crippen LogP contribution < -0.4 is 0 Å². The summed E-state index contributed by atoms with van der Waals surface area (Å²) in [5.41, 5.74) is 3.00. The van der Waals surface area contributed by atoms with E-state index in [4.69, 9.17) is 32.8 Å². The van der Waals surface area contributed by atoms with Crippen LogP contribution in [0.4, 0.5) is 0 Å². The van der Waals surface area contributed by atoms with E-state index in [9.17, 15) is 5.11 Å². The van der Waals surface area contributed by atoms with E-state index >= 15 is 0 Å². The van der Waals surface area contributed by atoms with Crippen LogP contribution in [0.2, 0.25) is 18.1 Å². The number of aliphatic hydroxyl groups excluding tert-OH is 1. The average molecular weight is 779 g/mol. The van der Waals surface area contributed by atoms with Gasteiger partial charge in [0.15, 0.2) is 26.7 Å². The molecule has 4 aliphatic heterocycles. The molecule has 0 radical (unpaired) electrons. The molecule has 0 amide bonds. The first-order valence-electron chi connectivity index (χ1n) is 22.0. The number of rotatable bonds is 5. The van der Waals surface area contributed by atoms with Crippen molar-refractivity contribution in [2.24, 2.45) is 46.3 Å². The predicted molar refractivity (Wildman–Crippen MR) is 213 cm³/mol. The first-order valence-corrected chi connectivity index (χ1v) is 24.9. The van der Waals surface area contributed by atoms with Crippen molar-refractivity contribution in [3.8, 4) is 0 Å². The van der Waals surface area contributed by atoms with Crippen molar-refractivity contribution in [3.63, 3.8) is 0 Å². The van der Waals surface area contributed by atoms with E-state index < -0.39 is 45.3 Å². The van der Waals surface area contributed by atoms with Gasteiger partial charge in [0.25, 0.3) is 0 Å². The SMILES string of the molecule is C[C@@H]1CC[C@@]2(OC1)O[C@H]1C[C@H]3[C@@H]4CC=C5C[C@@H](O[C@@H]6O[C@@H]7CO[C@@H](c8ccccc8)O[C@H]7[C@H](O)[C@H]6O[Si](C)(C)C(C)(C)C)CC[C@]5(C)[C@H]4CC[C@]3(C)[C@H]1[C@@H]2C. The maximum Gasteiger partial charge on any atom is 0.192 e. The van der Waals surface area contributed by atoms with E-state index in [1.807, 2.05) is 30.3 Å². The van der Waals surface area contributed by atoms with Crippen LogP contribution >= 0.6 is 0 Å². The van der Waals surface area contributed by atoms with E-state index in [1.54, 1.807) is 5.57 Å². The van der Waals surface area contributed by atoms with Crippen LogP contribution in [0.25, 0.3) is 0 Å². The first-order chi connectivity index (χ1) is 26.0. The van der Waals surface area contributed by atoms with Gasteiger partial charge in [-0.15, -0.1) is 0 Å². The molecule has 0 unspecified atom stereocenters. The fourth-order valence-corrected chi connectivity index (χ4v) is 14.3. The minimum atomic E-state index is -2.32. The Hall–Kier alpha value is -1.14. The van der Waals surface area contributed by atoms with Gasteiger partial charge in [-0.1, -0.05) is 90.4 Å². The molecule has 4 saturated heterocycles. The topological polar surface area (TPSA) is 84.8 Å². The van der Waals surface area contributed by atoms with Crippen LogP contribution in [0.1, 0.15) is 118 Å². The third-order valence-corrected chi connectivity index (χ3v) is 21.7. The molecule has 0 aromatic heterocycles. The molecule has 1 aromatic rings. The second-order valence-electron chi connectivity index (χ2n) is 21.3. The van der Waals surface area contributed by atoms with Crippen molar-refractivity contribution in [2.75, 3.05) is 13.2 Å². The lowest BCUT2D eigenvalue weighted by atomic mass is 9.47. The van der Waals surface area contributed by atoms with Crippen LogP contribution in [-0.4, -0.2) is 75.3 Å². The molecule has 1 aromatic carbocycles. The molecule has 17 atom stereocenters. The molecule has 9 heteroatoms. The second kappa shape index (κ2) is 14.0. The van der Waals surface area contributed by atoms with Gasteiger partial charge in [-0.3, -0.25) is 0 Å². The zero-order valence-corrected chi connectivity index (χ0v) is 36.1. The summed E-state index contributed by atoms with van der Waals surface area (Å²) in [6.45, 7) is 22.3. The normalized spacial score (nSPS) is 49.7. The Morgan fingerprint density at radius 3 is 2.42 bits per heavy atom. The molecule has 4 heterocycles. The lowest BCUT2D eigenvalue weighted by Gasteiger charge is -2.59. The Balaban J connectivity index is 0.905. The Morgan fingerprint density at radius 2 is 1.69 bits per heavy atom. The third-order valence-electron chi connectivity index (χ3n) is 17.3. The fraction of sp³-hybridized carbons (Fsp3) is 0.826. The summed E-state index contributed by atoms with van der Waals surface area (Å²) in [6, 6.07) is 9.94. The van der Waals surface area contributed by atoms with Gasteiger partial charge in [0, 0.05) is 17.9 Å². The largest absolute Gasteiger partial charge is 0.406 e. The van der Waals surface area contributed by atoms with Crippen molar-refractivity contribution >= 4 is 8.32 Å². The minimum absolute atomic E-state index is 0.000907. The minimum Gasteiger partial charge on any atom is -0.406 e. The average Bonchev–Trinajstić information content (AvgIpc) is 3.60. The molecule has 306 valence electrons. The third kappa shape index (κ3) is 6.43. The van der Waals surface area contributed by atoms with Gasteiger partial charge in [0.05, 0.1) is 25.4 Å². The van der Waals surface area contributed by atoms with Crippen molar-refractivity contribution in [3.05, 3.63) is 47.5 Å². The number of fused-ring (bicyclic) bond motifs is 8. The van der Waals surface area contributed by atoms with Crippen molar-refractivity contribution in [1.29, 1.82) is 0 Å². The molecule has 1 N–H and O–H groups in total. The van der Waals surface area contributed by atoms with E-state index in [1.165, 1.54) is 25.7 Å². The summed E-state index contributed by atoms with van der Waals surface area (Å²) in [6.07, 6.45) is 9.30. The number of benzene rings is 1. The highest BCUT2D eigenvalue weighted by Crippen LogP contribution is 2.70. The number of aliphatic hydroxyl groups is 1. The summed E-state index contributed by atoms with van der Waals surface area (Å²) in [5, 5.41) is 12.1. The van der Waals surface area contributed by atoms with Crippen LogP contribution in [0.5, 0.6) is 0 Å². The van der Waals surface area contributed by atoms with E-state index in [0.29, 0.717) is 53.6 Å². The monoisotopic (exact) mass is 778 g/mol. The summed E-state index contributed by atoms with van der Waals surface area (Å²) in [4.78, 5) is 0. The van der Waals surface area contributed by atoms with Gasteiger partial charge in [-0.05, 0) is 110 Å². The van der Waals surface area contributed by atoms with Crippen LogP contribution in [-0.2, 0) is 32.8 Å². The molecule has 0 bridgehead atoms. The molecule has 8 nitrogen and oxygen atoms in total. The van der Waals surface area contributed by atoms with E-state index in [0.717, 1.165) is 44.3 Å². The summed E-state index contributed by atoms with van der Waals surface area (Å²) >= 11 is 0. The molecule has 1 spiro atoms. The number of hydrogen-bond donors (Lipinski definition) is 1. The molecular weight excluding hydrogens is 709 g/mol. The van der Waals surface area contributed by atoms with Gasteiger partial charge in [-0.25, -0.2) is 0 Å². The molecule has 55 heavy (non-hydrogen) atoms. The van der Waals surface area contributed by atoms with E-state index in [-0.39, 0.29) is 22.3 Å². The smallest absolute Gasteiger partial charge is 0.192 e. The lowest BCUT2D eigenvalue weighted by Crippen LogP contribution is -2.65. The molecule has 7 fully saturated rings. The zero-order chi connectivity index (χ0) is 38.7. The van der Waals surface area contributed by atoms with Gasteiger partial charge < -0.3 is 38.0 Å². The number of allylic oxidation sites excluding steroid dienone is 1. The first kappa shape index (κ1) is 39.3. The quantitative estimate of drug-likeness (QED) is 0.234. The number of ether oxygens (including phenoxy) is 6. The van der Waals surface area contributed by atoms with Gasteiger partial charge in [0.2, 0.25) is 0 Å². The van der Waals surface area contributed by atoms with Gasteiger partial charge in [-0.2, -0.15) is 0 Å². The maximum absolute atomic E-state index is 12.1. The molecule has 9 rings (SSSR count).